The van der Waals surface area contributed by atoms with Gasteiger partial charge in [-0.2, -0.15) is 0 Å². The lowest BCUT2D eigenvalue weighted by Crippen LogP contribution is -2.35. The molecular formula is C16H11Cl3FN3O4. The molecule has 2 rings (SSSR count). The Hall–Kier alpha value is -2.42. The molecule has 2 N–H and O–H groups in total. The molecular weight excluding hydrogens is 424 g/mol. The first kappa shape index (κ1) is 20.9. The molecule has 2 aromatic rings. The van der Waals surface area contributed by atoms with Crippen LogP contribution in [0.3, 0.4) is 0 Å². The number of carbonyl (C=O) groups excluding carboxylic acids is 3. The second-order valence-electron chi connectivity index (χ2n) is 4.99. The van der Waals surface area contributed by atoms with E-state index >= 15 is 0 Å². The van der Waals surface area contributed by atoms with Gasteiger partial charge in [-0.05, 0) is 24.3 Å². The van der Waals surface area contributed by atoms with Crippen molar-refractivity contribution in [2.75, 3.05) is 18.5 Å². The summed E-state index contributed by atoms with van der Waals surface area (Å²) in [6.45, 7) is -1.04. The molecule has 2 amide bonds. The first-order valence-electron chi connectivity index (χ1n) is 7.26. The molecule has 0 spiro atoms. The van der Waals surface area contributed by atoms with Crippen LogP contribution in [0.5, 0.6) is 0 Å². The number of anilines is 1. The van der Waals surface area contributed by atoms with E-state index in [2.05, 4.69) is 15.6 Å². The van der Waals surface area contributed by atoms with Crippen molar-refractivity contribution >= 4 is 58.3 Å². The van der Waals surface area contributed by atoms with Gasteiger partial charge in [0.2, 0.25) is 5.91 Å². The lowest BCUT2D eigenvalue weighted by Gasteiger charge is -2.08. The Morgan fingerprint density at radius 2 is 1.70 bits per heavy atom. The van der Waals surface area contributed by atoms with E-state index in [-0.39, 0.29) is 27.3 Å². The number of rotatable bonds is 6. The van der Waals surface area contributed by atoms with E-state index in [9.17, 15) is 18.8 Å². The summed E-state index contributed by atoms with van der Waals surface area (Å²) in [4.78, 5) is 38.9. The zero-order valence-corrected chi connectivity index (χ0v) is 15.7. The van der Waals surface area contributed by atoms with Crippen LogP contribution < -0.4 is 10.6 Å². The maximum absolute atomic E-state index is 12.8. The summed E-state index contributed by atoms with van der Waals surface area (Å²) in [6.07, 6.45) is 1.12. The fourth-order valence-corrected chi connectivity index (χ4v) is 2.31. The standard InChI is InChI=1S/C16H11Cl3FN3O4/c17-10-5-22-15(14(19)13(10)18)16(26)27-7-12(25)21-6-11(24)23-9-3-1-8(20)2-4-9/h1-5H,6-7H2,(H,21,25)(H,23,24). The number of benzene rings is 1. The van der Waals surface area contributed by atoms with Crippen LogP contribution in [0.25, 0.3) is 0 Å². The summed E-state index contributed by atoms with van der Waals surface area (Å²) < 4.78 is 17.5. The first-order chi connectivity index (χ1) is 12.8. The van der Waals surface area contributed by atoms with Crippen molar-refractivity contribution < 1.29 is 23.5 Å². The Bertz CT molecular complexity index is 878. The lowest BCUT2D eigenvalue weighted by atomic mass is 10.3. The van der Waals surface area contributed by atoms with Crippen LogP contribution in [0.2, 0.25) is 15.1 Å². The predicted molar refractivity (Wildman–Crippen MR) is 97.6 cm³/mol. The third kappa shape index (κ3) is 6.06. The highest BCUT2D eigenvalue weighted by Gasteiger charge is 2.19. The van der Waals surface area contributed by atoms with Crippen molar-refractivity contribution in [3.05, 3.63) is 57.0 Å². The number of pyridine rings is 1. The van der Waals surface area contributed by atoms with Gasteiger partial charge in [-0.25, -0.2) is 14.2 Å². The zero-order chi connectivity index (χ0) is 20.0. The average Bonchev–Trinajstić information content (AvgIpc) is 2.64. The fraction of sp³-hybridized carbons (Fsp3) is 0.125. The molecule has 27 heavy (non-hydrogen) atoms. The van der Waals surface area contributed by atoms with E-state index < -0.39 is 30.2 Å². The Morgan fingerprint density at radius 3 is 2.37 bits per heavy atom. The Balaban J connectivity index is 1.79. The van der Waals surface area contributed by atoms with Crippen molar-refractivity contribution in [1.29, 1.82) is 0 Å². The molecule has 0 fully saturated rings. The van der Waals surface area contributed by atoms with Crippen molar-refractivity contribution in [3.63, 3.8) is 0 Å². The molecule has 0 unspecified atom stereocenters. The van der Waals surface area contributed by atoms with Crippen molar-refractivity contribution in [2.24, 2.45) is 0 Å². The van der Waals surface area contributed by atoms with Crippen LogP contribution in [0.4, 0.5) is 10.1 Å². The van der Waals surface area contributed by atoms with Gasteiger partial charge < -0.3 is 15.4 Å². The fourth-order valence-electron chi connectivity index (χ4n) is 1.75. The predicted octanol–water partition coefficient (Wildman–Crippen LogP) is 3.09. The number of ether oxygens (including phenoxy) is 1. The van der Waals surface area contributed by atoms with E-state index in [0.717, 1.165) is 6.20 Å². The Kier molecular flexibility index (Phi) is 7.35. The van der Waals surface area contributed by atoms with Crippen LogP contribution in [-0.4, -0.2) is 35.9 Å². The summed E-state index contributed by atoms with van der Waals surface area (Å²) in [5, 5.41) is 4.50. The van der Waals surface area contributed by atoms with Crippen LogP contribution in [-0.2, 0) is 14.3 Å². The van der Waals surface area contributed by atoms with Crippen molar-refractivity contribution in [2.45, 2.75) is 0 Å². The third-order valence-corrected chi connectivity index (χ3v) is 4.26. The highest BCUT2D eigenvalue weighted by atomic mass is 35.5. The minimum atomic E-state index is -0.982. The quantitative estimate of drug-likeness (QED) is 0.681. The van der Waals surface area contributed by atoms with Gasteiger partial charge in [0.25, 0.3) is 5.91 Å². The van der Waals surface area contributed by atoms with E-state index in [1.807, 2.05) is 0 Å². The zero-order valence-electron chi connectivity index (χ0n) is 13.4. The molecule has 7 nitrogen and oxygen atoms in total. The number of carbonyl (C=O) groups is 3. The van der Waals surface area contributed by atoms with Gasteiger partial charge in [0, 0.05) is 11.9 Å². The Labute approximate surface area is 167 Å². The number of halogens is 4. The summed E-state index contributed by atoms with van der Waals surface area (Å²) >= 11 is 17.3. The molecule has 0 aliphatic carbocycles. The molecule has 1 heterocycles. The van der Waals surface area contributed by atoms with E-state index in [1.54, 1.807) is 0 Å². The maximum atomic E-state index is 12.8. The molecule has 0 atom stereocenters. The van der Waals surface area contributed by atoms with Gasteiger partial charge in [0.1, 0.15) is 5.82 Å². The summed E-state index contributed by atoms with van der Waals surface area (Å²) in [5.74, 6) is -2.70. The van der Waals surface area contributed by atoms with E-state index in [0.29, 0.717) is 5.69 Å². The summed E-state index contributed by atoms with van der Waals surface area (Å²) in [6, 6.07) is 5.08. The van der Waals surface area contributed by atoms with Gasteiger partial charge in [-0.3, -0.25) is 9.59 Å². The number of nitrogens with one attached hydrogen (secondary N) is 2. The molecule has 1 aromatic heterocycles. The van der Waals surface area contributed by atoms with Gasteiger partial charge >= 0.3 is 5.97 Å². The second-order valence-corrected chi connectivity index (χ2v) is 6.15. The second kappa shape index (κ2) is 9.50. The molecule has 142 valence electrons. The molecule has 0 saturated carbocycles. The van der Waals surface area contributed by atoms with E-state index in [4.69, 9.17) is 39.5 Å². The summed E-state index contributed by atoms with van der Waals surface area (Å²) in [5.41, 5.74) is 0.0651. The van der Waals surface area contributed by atoms with Gasteiger partial charge in [-0.1, -0.05) is 34.8 Å². The van der Waals surface area contributed by atoms with E-state index in [1.165, 1.54) is 24.3 Å². The molecule has 0 radical (unpaired) electrons. The molecule has 0 saturated heterocycles. The number of aromatic nitrogens is 1. The molecule has 11 heteroatoms. The first-order valence-corrected chi connectivity index (χ1v) is 8.40. The van der Waals surface area contributed by atoms with Gasteiger partial charge in [0.15, 0.2) is 12.3 Å². The van der Waals surface area contributed by atoms with Crippen LogP contribution in [0.15, 0.2) is 30.5 Å². The normalized spacial score (nSPS) is 10.2. The van der Waals surface area contributed by atoms with Gasteiger partial charge in [-0.15, -0.1) is 0 Å². The summed E-state index contributed by atoms with van der Waals surface area (Å²) in [7, 11) is 0. The Morgan fingerprint density at radius 1 is 1.04 bits per heavy atom. The highest BCUT2D eigenvalue weighted by molar-refractivity contribution is 6.48. The maximum Gasteiger partial charge on any atom is 0.359 e. The van der Waals surface area contributed by atoms with Crippen LogP contribution >= 0.6 is 34.8 Å². The van der Waals surface area contributed by atoms with Crippen molar-refractivity contribution in [1.82, 2.24) is 10.3 Å². The minimum absolute atomic E-state index is 0.0585. The number of hydrogen-bond donors (Lipinski definition) is 2. The average molecular weight is 435 g/mol. The van der Waals surface area contributed by atoms with Crippen LogP contribution in [0, 0.1) is 5.82 Å². The largest absolute Gasteiger partial charge is 0.451 e. The molecule has 0 aliphatic rings. The molecule has 0 bridgehead atoms. The number of esters is 1. The number of hydrogen-bond acceptors (Lipinski definition) is 5. The lowest BCUT2D eigenvalue weighted by molar-refractivity contribution is -0.126. The highest BCUT2D eigenvalue weighted by Crippen LogP contribution is 2.31. The topological polar surface area (TPSA) is 97.4 Å². The minimum Gasteiger partial charge on any atom is -0.451 e. The SMILES string of the molecule is O=C(COC(=O)c1ncc(Cl)c(Cl)c1Cl)NCC(=O)Nc1ccc(F)cc1. The molecule has 0 aliphatic heterocycles. The smallest absolute Gasteiger partial charge is 0.359 e. The monoisotopic (exact) mass is 433 g/mol. The van der Waals surface area contributed by atoms with Gasteiger partial charge in [0.05, 0.1) is 21.6 Å². The van der Waals surface area contributed by atoms with Crippen molar-refractivity contribution in [3.8, 4) is 0 Å². The van der Waals surface area contributed by atoms with Crippen LogP contribution in [0.1, 0.15) is 10.5 Å². The third-order valence-electron chi connectivity index (χ3n) is 3.02. The number of nitrogens with zero attached hydrogens (tertiary/aromatic N) is 1. The molecule has 1 aromatic carbocycles. The number of amides is 2.